The van der Waals surface area contributed by atoms with Crippen LogP contribution in [0.4, 0.5) is 0 Å². The minimum absolute atomic E-state index is 0.122. The third-order valence-corrected chi connectivity index (χ3v) is 4.52. The SMILES string of the molecule is COCCN1CCC(CNC(=O)c2cc3ccccc3o2)CC1. The Bertz CT molecular complexity index is 612. The fourth-order valence-electron chi connectivity index (χ4n) is 3.05. The van der Waals surface area contributed by atoms with Gasteiger partial charge >= 0.3 is 0 Å². The largest absolute Gasteiger partial charge is 0.451 e. The number of carbonyl (C=O) groups excluding carboxylic acids is 1. The van der Waals surface area contributed by atoms with Crippen LogP contribution in [0, 0.1) is 5.92 Å². The fourth-order valence-corrected chi connectivity index (χ4v) is 3.05. The average molecular weight is 316 g/mol. The Hall–Kier alpha value is -1.85. The van der Waals surface area contributed by atoms with Crippen LogP contribution in [-0.4, -0.2) is 50.7 Å². The normalized spacial score (nSPS) is 16.7. The third-order valence-electron chi connectivity index (χ3n) is 4.52. The zero-order valence-electron chi connectivity index (χ0n) is 13.6. The maximum Gasteiger partial charge on any atom is 0.287 e. The van der Waals surface area contributed by atoms with Crippen LogP contribution in [-0.2, 0) is 4.74 Å². The zero-order chi connectivity index (χ0) is 16.1. The van der Waals surface area contributed by atoms with Gasteiger partial charge in [0, 0.05) is 25.6 Å². The van der Waals surface area contributed by atoms with Crippen LogP contribution in [0.3, 0.4) is 0 Å². The highest BCUT2D eigenvalue weighted by Gasteiger charge is 2.20. The second kappa shape index (κ2) is 7.62. The number of para-hydroxylation sites is 1. The van der Waals surface area contributed by atoms with Crippen LogP contribution in [0.5, 0.6) is 0 Å². The standard InChI is InChI=1S/C18H24N2O3/c1-22-11-10-20-8-6-14(7-9-20)13-19-18(21)17-12-15-4-2-3-5-16(15)23-17/h2-5,12,14H,6-11,13H2,1H3,(H,19,21). The Morgan fingerprint density at radius 3 is 2.87 bits per heavy atom. The molecule has 0 bridgehead atoms. The monoisotopic (exact) mass is 316 g/mol. The number of ether oxygens (including phenoxy) is 1. The number of hydrogen-bond donors (Lipinski definition) is 1. The van der Waals surface area contributed by atoms with Crippen molar-refractivity contribution in [1.29, 1.82) is 0 Å². The number of carbonyl (C=O) groups is 1. The van der Waals surface area contributed by atoms with Crippen molar-refractivity contribution >= 4 is 16.9 Å². The van der Waals surface area contributed by atoms with E-state index in [9.17, 15) is 4.79 Å². The molecular formula is C18H24N2O3. The van der Waals surface area contributed by atoms with Crippen molar-refractivity contribution in [2.24, 2.45) is 5.92 Å². The van der Waals surface area contributed by atoms with E-state index in [2.05, 4.69) is 10.2 Å². The molecule has 124 valence electrons. The molecular weight excluding hydrogens is 292 g/mol. The lowest BCUT2D eigenvalue weighted by atomic mass is 9.97. The molecule has 0 saturated carbocycles. The van der Waals surface area contributed by atoms with Gasteiger partial charge in [-0.1, -0.05) is 18.2 Å². The number of nitrogens with zero attached hydrogens (tertiary/aromatic N) is 1. The number of methoxy groups -OCH3 is 1. The van der Waals surface area contributed by atoms with Gasteiger partial charge in [0.25, 0.3) is 5.91 Å². The van der Waals surface area contributed by atoms with E-state index >= 15 is 0 Å². The van der Waals surface area contributed by atoms with E-state index in [1.807, 2.05) is 24.3 Å². The summed E-state index contributed by atoms with van der Waals surface area (Å²) in [6.07, 6.45) is 2.23. The lowest BCUT2D eigenvalue weighted by molar-refractivity contribution is 0.0901. The first kappa shape index (κ1) is 16.0. The van der Waals surface area contributed by atoms with Crippen molar-refractivity contribution in [3.8, 4) is 0 Å². The van der Waals surface area contributed by atoms with Gasteiger partial charge in [-0.3, -0.25) is 4.79 Å². The van der Waals surface area contributed by atoms with E-state index in [-0.39, 0.29) is 5.91 Å². The average Bonchev–Trinajstić information content (AvgIpc) is 3.03. The van der Waals surface area contributed by atoms with Gasteiger partial charge < -0.3 is 19.4 Å². The van der Waals surface area contributed by atoms with Crippen molar-refractivity contribution in [2.45, 2.75) is 12.8 Å². The van der Waals surface area contributed by atoms with Gasteiger partial charge in [-0.2, -0.15) is 0 Å². The van der Waals surface area contributed by atoms with E-state index in [0.717, 1.165) is 50.1 Å². The molecule has 1 aliphatic heterocycles. The Labute approximate surface area is 136 Å². The molecule has 1 saturated heterocycles. The molecule has 0 aliphatic carbocycles. The lowest BCUT2D eigenvalue weighted by Crippen LogP contribution is -2.39. The Morgan fingerprint density at radius 1 is 1.35 bits per heavy atom. The van der Waals surface area contributed by atoms with Crippen molar-refractivity contribution in [3.05, 3.63) is 36.1 Å². The van der Waals surface area contributed by atoms with Crippen molar-refractivity contribution in [1.82, 2.24) is 10.2 Å². The van der Waals surface area contributed by atoms with Gasteiger partial charge in [0.1, 0.15) is 5.58 Å². The van der Waals surface area contributed by atoms with Gasteiger partial charge in [-0.15, -0.1) is 0 Å². The maximum atomic E-state index is 12.2. The lowest BCUT2D eigenvalue weighted by Gasteiger charge is -2.31. The van der Waals surface area contributed by atoms with Crippen molar-refractivity contribution in [2.75, 3.05) is 39.9 Å². The van der Waals surface area contributed by atoms with Crippen LogP contribution in [0.25, 0.3) is 11.0 Å². The molecule has 1 fully saturated rings. The molecule has 2 heterocycles. The number of furan rings is 1. The van der Waals surface area contributed by atoms with Gasteiger partial charge in [-0.05, 0) is 44.0 Å². The van der Waals surface area contributed by atoms with Crippen LogP contribution >= 0.6 is 0 Å². The van der Waals surface area contributed by atoms with E-state index in [0.29, 0.717) is 18.2 Å². The number of amides is 1. The maximum absolute atomic E-state index is 12.2. The van der Waals surface area contributed by atoms with Crippen LogP contribution < -0.4 is 5.32 Å². The molecule has 5 nitrogen and oxygen atoms in total. The molecule has 2 aromatic rings. The predicted molar refractivity (Wildman–Crippen MR) is 89.6 cm³/mol. The van der Waals surface area contributed by atoms with Crippen molar-refractivity contribution in [3.63, 3.8) is 0 Å². The van der Waals surface area contributed by atoms with E-state index in [1.54, 1.807) is 13.2 Å². The van der Waals surface area contributed by atoms with Crippen LogP contribution in [0.15, 0.2) is 34.7 Å². The van der Waals surface area contributed by atoms with Gasteiger partial charge in [0.2, 0.25) is 0 Å². The summed E-state index contributed by atoms with van der Waals surface area (Å²) in [5, 5.41) is 3.97. The van der Waals surface area contributed by atoms with E-state index in [4.69, 9.17) is 9.15 Å². The van der Waals surface area contributed by atoms with Gasteiger partial charge in [0.05, 0.1) is 6.61 Å². The van der Waals surface area contributed by atoms with Gasteiger partial charge in [-0.25, -0.2) is 0 Å². The highest BCUT2D eigenvalue weighted by atomic mass is 16.5. The number of hydrogen-bond acceptors (Lipinski definition) is 4. The second-order valence-corrected chi connectivity index (χ2v) is 6.14. The highest BCUT2D eigenvalue weighted by Crippen LogP contribution is 2.19. The molecule has 1 amide bonds. The summed E-state index contributed by atoms with van der Waals surface area (Å²) in [7, 11) is 1.74. The second-order valence-electron chi connectivity index (χ2n) is 6.14. The van der Waals surface area contributed by atoms with Crippen LogP contribution in [0.1, 0.15) is 23.4 Å². The molecule has 5 heteroatoms. The number of fused-ring (bicyclic) bond motifs is 1. The summed E-state index contributed by atoms with van der Waals surface area (Å²) in [6.45, 7) is 4.65. The zero-order valence-corrected chi connectivity index (χ0v) is 13.6. The third kappa shape index (κ3) is 4.12. The first-order chi connectivity index (χ1) is 11.3. The number of rotatable bonds is 6. The predicted octanol–water partition coefficient (Wildman–Crippen LogP) is 2.52. The minimum Gasteiger partial charge on any atom is -0.451 e. The molecule has 1 aliphatic rings. The molecule has 0 spiro atoms. The van der Waals surface area contributed by atoms with E-state index in [1.165, 1.54) is 0 Å². The highest BCUT2D eigenvalue weighted by molar-refractivity contribution is 5.96. The molecule has 1 N–H and O–H groups in total. The summed E-state index contributed by atoms with van der Waals surface area (Å²) in [5.41, 5.74) is 0.754. The number of nitrogens with one attached hydrogen (secondary N) is 1. The molecule has 1 aromatic heterocycles. The summed E-state index contributed by atoms with van der Waals surface area (Å²) in [4.78, 5) is 14.6. The van der Waals surface area contributed by atoms with E-state index < -0.39 is 0 Å². The summed E-state index contributed by atoms with van der Waals surface area (Å²) >= 11 is 0. The first-order valence-corrected chi connectivity index (χ1v) is 8.24. The smallest absolute Gasteiger partial charge is 0.287 e. The Balaban J connectivity index is 1.46. The van der Waals surface area contributed by atoms with Crippen LogP contribution in [0.2, 0.25) is 0 Å². The fraction of sp³-hybridized carbons (Fsp3) is 0.500. The minimum atomic E-state index is -0.122. The topological polar surface area (TPSA) is 54.7 Å². The molecule has 23 heavy (non-hydrogen) atoms. The quantitative estimate of drug-likeness (QED) is 0.890. The number of likely N-dealkylation sites (tertiary alicyclic amines) is 1. The Morgan fingerprint density at radius 2 is 2.13 bits per heavy atom. The summed E-state index contributed by atoms with van der Waals surface area (Å²) < 4.78 is 10.7. The van der Waals surface area contributed by atoms with Gasteiger partial charge in [0.15, 0.2) is 5.76 Å². The number of benzene rings is 1. The van der Waals surface area contributed by atoms with Crippen molar-refractivity contribution < 1.29 is 13.9 Å². The Kier molecular flexibility index (Phi) is 5.31. The first-order valence-electron chi connectivity index (χ1n) is 8.24. The summed E-state index contributed by atoms with van der Waals surface area (Å²) in [6, 6.07) is 9.48. The molecule has 0 radical (unpaired) electrons. The molecule has 3 rings (SSSR count). The number of piperidine rings is 1. The summed E-state index contributed by atoms with van der Waals surface area (Å²) in [5.74, 6) is 0.814. The molecule has 0 atom stereocenters. The molecule has 0 unspecified atom stereocenters. The molecule has 1 aromatic carbocycles.